The number of anilines is 1. The second kappa shape index (κ2) is 7.45. The maximum Gasteiger partial charge on any atom is 0.226 e. The summed E-state index contributed by atoms with van der Waals surface area (Å²) in [6.07, 6.45) is 7.45. The zero-order valence-corrected chi connectivity index (χ0v) is 12.3. The molecular weight excluding hydrogens is 278 g/mol. The number of pyridine rings is 1. The van der Waals surface area contributed by atoms with E-state index < -0.39 is 0 Å². The first-order valence-electron chi connectivity index (χ1n) is 6.79. The van der Waals surface area contributed by atoms with E-state index in [0.29, 0.717) is 13.0 Å². The number of amides is 1. The Labute approximate surface area is 125 Å². The van der Waals surface area contributed by atoms with Gasteiger partial charge in [-0.3, -0.25) is 4.79 Å². The molecule has 20 heavy (non-hydrogen) atoms. The summed E-state index contributed by atoms with van der Waals surface area (Å²) in [7, 11) is 0. The smallest absolute Gasteiger partial charge is 0.226 e. The van der Waals surface area contributed by atoms with Crippen molar-refractivity contribution in [2.45, 2.75) is 38.5 Å². The van der Waals surface area contributed by atoms with Crippen molar-refractivity contribution in [1.29, 1.82) is 0 Å². The number of hydrogen-bond donors (Lipinski definition) is 3. The first-order valence-corrected chi connectivity index (χ1v) is 6.79. The van der Waals surface area contributed by atoms with Crippen LogP contribution in [0.2, 0.25) is 0 Å². The van der Waals surface area contributed by atoms with E-state index in [-0.39, 0.29) is 35.3 Å². The fourth-order valence-corrected chi connectivity index (χ4v) is 2.76. The number of hydrogen-bond acceptors (Lipinski definition) is 4. The molecule has 0 aliphatic heterocycles. The Balaban J connectivity index is 0.00000200. The number of carbonyl (C=O) groups is 1. The van der Waals surface area contributed by atoms with Crippen molar-refractivity contribution >= 4 is 24.1 Å². The zero-order chi connectivity index (χ0) is 13.7. The van der Waals surface area contributed by atoms with Gasteiger partial charge in [0.25, 0.3) is 0 Å². The predicted molar refractivity (Wildman–Crippen MR) is 81.0 cm³/mol. The number of aromatic nitrogens is 1. The minimum atomic E-state index is -0.124. The van der Waals surface area contributed by atoms with E-state index in [9.17, 15) is 9.90 Å². The lowest BCUT2D eigenvalue weighted by atomic mass is 9.71. The molecule has 0 radical (unpaired) electrons. The SMILES string of the molecule is Cl.NCC1(CC(=O)Nc2ncccc2O)CCCCC1. The van der Waals surface area contributed by atoms with E-state index in [2.05, 4.69) is 10.3 Å². The maximum atomic E-state index is 12.1. The van der Waals surface area contributed by atoms with Crippen LogP contribution >= 0.6 is 12.4 Å². The summed E-state index contributed by atoms with van der Waals surface area (Å²) >= 11 is 0. The monoisotopic (exact) mass is 299 g/mol. The Morgan fingerprint density at radius 1 is 1.40 bits per heavy atom. The number of aromatic hydroxyl groups is 1. The van der Waals surface area contributed by atoms with Crippen LogP contribution in [0.5, 0.6) is 5.75 Å². The lowest BCUT2D eigenvalue weighted by Crippen LogP contribution is -2.36. The lowest BCUT2D eigenvalue weighted by molar-refractivity contribution is -0.118. The van der Waals surface area contributed by atoms with Gasteiger partial charge in [-0.05, 0) is 36.9 Å². The van der Waals surface area contributed by atoms with Gasteiger partial charge >= 0.3 is 0 Å². The fraction of sp³-hybridized carbons (Fsp3) is 0.571. The van der Waals surface area contributed by atoms with Gasteiger partial charge in [0.15, 0.2) is 11.6 Å². The highest BCUT2D eigenvalue weighted by atomic mass is 35.5. The third-order valence-electron chi connectivity index (χ3n) is 3.93. The van der Waals surface area contributed by atoms with Gasteiger partial charge in [-0.25, -0.2) is 4.98 Å². The van der Waals surface area contributed by atoms with Gasteiger partial charge in [0, 0.05) is 12.6 Å². The third kappa shape index (κ3) is 4.08. The second-order valence-corrected chi connectivity index (χ2v) is 5.36. The van der Waals surface area contributed by atoms with Crippen LogP contribution in [0.3, 0.4) is 0 Å². The van der Waals surface area contributed by atoms with Gasteiger partial charge in [0.1, 0.15) is 0 Å². The molecule has 112 valence electrons. The molecule has 5 nitrogen and oxygen atoms in total. The quantitative estimate of drug-likeness (QED) is 0.797. The summed E-state index contributed by atoms with van der Waals surface area (Å²) in [6.45, 7) is 0.536. The molecule has 1 aliphatic rings. The molecule has 0 spiro atoms. The van der Waals surface area contributed by atoms with E-state index in [0.717, 1.165) is 25.7 Å². The molecule has 1 aromatic heterocycles. The third-order valence-corrected chi connectivity index (χ3v) is 3.93. The van der Waals surface area contributed by atoms with Crippen molar-refractivity contribution in [2.24, 2.45) is 11.1 Å². The van der Waals surface area contributed by atoms with Crippen molar-refractivity contribution in [1.82, 2.24) is 4.98 Å². The molecule has 0 saturated heterocycles. The van der Waals surface area contributed by atoms with Crippen LogP contribution in [-0.4, -0.2) is 22.5 Å². The molecule has 1 aliphatic carbocycles. The number of carbonyl (C=O) groups excluding carboxylic acids is 1. The predicted octanol–water partition coefficient (Wildman–Crippen LogP) is 2.45. The minimum absolute atomic E-state index is 0. The highest BCUT2D eigenvalue weighted by Crippen LogP contribution is 2.38. The average molecular weight is 300 g/mol. The van der Waals surface area contributed by atoms with Crippen LogP contribution in [0.25, 0.3) is 0 Å². The molecule has 1 saturated carbocycles. The van der Waals surface area contributed by atoms with Gasteiger partial charge in [-0.1, -0.05) is 19.3 Å². The normalized spacial score (nSPS) is 17.1. The summed E-state index contributed by atoms with van der Waals surface area (Å²) in [5, 5.41) is 12.2. The summed E-state index contributed by atoms with van der Waals surface area (Å²) in [5.74, 6) is 0.0816. The second-order valence-electron chi connectivity index (χ2n) is 5.36. The number of nitrogens with two attached hydrogens (primary N) is 1. The molecule has 1 fully saturated rings. The molecule has 0 unspecified atom stereocenters. The molecule has 0 aromatic carbocycles. The summed E-state index contributed by atoms with van der Waals surface area (Å²) in [6, 6.07) is 3.12. The molecule has 2 rings (SSSR count). The number of halogens is 1. The van der Waals surface area contributed by atoms with E-state index in [1.165, 1.54) is 18.7 Å². The van der Waals surface area contributed by atoms with Crippen molar-refractivity contribution in [3.8, 4) is 5.75 Å². The lowest BCUT2D eigenvalue weighted by Gasteiger charge is -2.35. The molecule has 0 bridgehead atoms. The molecule has 0 atom stereocenters. The van der Waals surface area contributed by atoms with Crippen LogP contribution in [0, 0.1) is 5.41 Å². The minimum Gasteiger partial charge on any atom is -0.504 e. The molecular formula is C14H22ClN3O2. The Bertz CT molecular complexity index is 448. The van der Waals surface area contributed by atoms with E-state index in [4.69, 9.17) is 5.73 Å². The van der Waals surface area contributed by atoms with Gasteiger partial charge in [-0.2, -0.15) is 0 Å². The Morgan fingerprint density at radius 2 is 2.10 bits per heavy atom. The van der Waals surface area contributed by atoms with Crippen LogP contribution < -0.4 is 11.1 Å². The van der Waals surface area contributed by atoms with E-state index >= 15 is 0 Å². The van der Waals surface area contributed by atoms with E-state index in [1.54, 1.807) is 6.07 Å². The molecule has 1 heterocycles. The summed E-state index contributed by atoms with van der Waals surface area (Å²) < 4.78 is 0. The van der Waals surface area contributed by atoms with Gasteiger partial charge in [-0.15, -0.1) is 12.4 Å². The van der Waals surface area contributed by atoms with Crippen LogP contribution in [0.4, 0.5) is 5.82 Å². The molecule has 1 aromatic rings. The van der Waals surface area contributed by atoms with Gasteiger partial charge in [0.2, 0.25) is 5.91 Å². The van der Waals surface area contributed by atoms with Crippen LogP contribution in [-0.2, 0) is 4.79 Å². The number of rotatable bonds is 4. The molecule has 4 N–H and O–H groups in total. The fourth-order valence-electron chi connectivity index (χ4n) is 2.76. The maximum absolute atomic E-state index is 12.1. The first kappa shape index (κ1) is 16.7. The average Bonchev–Trinajstić information content (AvgIpc) is 2.42. The van der Waals surface area contributed by atoms with Crippen molar-refractivity contribution in [2.75, 3.05) is 11.9 Å². The standard InChI is InChI=1S/C14H21N3O2.ClH/c15-10-14(6-2-1-3-7-14)9-12(19)17-13-11(18)5-4-8-16-13;/h4-5,8,18H,1-3,6-7,9-10,15H2,(H,16,17,19);1H. The number of nitrogens with zero attached hydrogens (tertiary/aromatic N) is 1. The van der Waals surface area contributed by atoms with E-state index in [1.807, 2.05) is 0 Å². The van der Waals surface area contributed by atoms with Crippen LogP contribution in [0.15, 0.2) is 18.3 Å². The Morgan fingerprint density at radius 3 is 2.70 bits per heavy atom. The summed E-state index contributed by atoms with van der Waals surface area (Å²) in [5.41, 5.74) is 5.79. The van der Waals surface area contributed by atoms with Gasteiger partial charge < -0.3 is 16.2 Å². The first-order chi connectivity index (χ1) is 9.15. The topological polar surface area (TPSA) is 88.2 Å². The Hall–Kier alpha value is -1.33. The van der Waals surface area contributed by atoms with Gasteiger partial charge in [0.05, 0.1) is 0 Å². The summed E-state index contributed by atoms with van der Waals surface area (Å²) in [4.78, 5) is 16.0. The highest BCUT2D eigenvalue weighted by Gasteiger charge is 2.33. The molecule has 1 amide bonds. The van der Waals surface area contributed by atoms with Crippen LogP contribution in [0.1, 0.15) is 38.5 Å². The largest absolute Gasteiger partial charge is 0.504 e. The zero-order valence-electron chi connectivity index (χ0n) is 11.5. The van der Waals surface area contributed by atoms with Crippen molar-refractivity contribution < 1.29 is 9.90 Å². The Kier molecular flexibility index (Phi) is 6.23. The highest BCUT2D eigenvalue weighted by molar-refractivity contribution is 5.91. The molecule has 6 heteroatoms. The number of nitrogens with one attached hydrogen (secondary N) is 1. The van der Waals surface area contributed by atoms with Crippen molar-refractivity contribution in [3.63, 3.8) is 0 Å². The van der Waals surface area contributed by atoms with Crippen molar-refractivity contribution in [3.05, 3.63) is 18.3 Å².